The molecule has 0 spiro atoms. The molecule has 1 atom stereocenters. The predicted molar refractivity (Wildman–Crippen MR) is 55.2 cm³/mol. The summed E-state index contributed by atoms with van der Waals surface area (Å²) in [5.74, 6) is 0.629. The zero-order chi connectivity index (χ0) is 10.4. The van der Waals surface area contributed by atoms with Gasteiger partial charge >= 0.3 is 0 Å². The molecule has 1 rings (SSSR count). The molecule has 1 heterocycles. The Morgan fingerprint density at radius 1 is 1.71 bits per heavy atom. The van der Waals surface area contributed by atoms with Crippen molar-refractivity contribution in [3.63, 3.8) is 0 Å². The van der Waals surface area contributed by atoms with E-state index >= 15 is 0 Å². The standard InChI is InChI=1S/C11H15NO2/c1-3-4-5-10(13)9-6-7-12-8-11(9)14-2/h3,6-8,10,13H,1,4-5H2,2H3. The van der Waals surface area contributed by atoms with Gasteiger partial charge in [-0.25, -0.2) is 0 Å². The van der Waals surface area contributed by atoms with Gasteiger partial charge in [0, 0.05) is 11.8 Å². The second-order valence-corrected chi connectivity index (χ2v) is 3.00. The molecule has 3 heteroatoms. The van der Waals surface area contributed by atoms with Crippen molar-refractivity contribution in [3.05, 3.63) is 36.7 Å². The first kappa shape index (κ1) is 10.7. The normalized spacial score (nSPS) is 12.1. The van der Waals surface area contributed by atoms with Gasteiger partial charge in [-0.3, -0.25) is 4.98 Å². The number of pyridine rings is 1. The minimum atomic E-state index is -0.508. The topological polar surface area (TPSA) is 42.4 Å². The highest BCUT2D eigenvalue weighted by molar-refractivity contribution is 5.31. The van der Waals surface area contributed by atoms with Crippen molar-refractivity contribution in [2.75, 3.05) is 7.11 Å². The number of allylic oxidation sites excluding steroid dienone is 1. The van der Waals surface area contributed by atoms with E-state index in [-0.39, 0.29) is 0 Å². The van der Waals surface area contributed by atoms with E-state index < -0.39 is 6.10 Å². The number of hydrogen-bond acceptors (Lipinski definition) is 3. The molecular weight excluding hydrogens is 178 g/mol. The quantitative estimate of drug-likeness (QED) is 0.728. The van der Waals surface area contributed by atoms with Crippen LogP contribution in [0.4, 0.5) is 0 Å². The summed E-state index contributed by atoms with van der Waals surface area (Å²) in [5.41, 5.74) is 0.782. The molecule has 3 nitrogen and oxygen atoms in total. The average Bonchev–Trinajstić information content (AvgIpc) is 2.25. The molecule has 0 aliphatic heterocycles. The van der Waals surface area contributed by atoms with Crippen LogP contribution in [0, 0.1) is 0 Å². The fraction of sp³-hybridized carbons (Fsp3) is 0.364. The number of aliphatic hydroxyl groups excluding tert-OH is 1. The van der Waals surface area contributed by atoms with Crippen molar-refractivity contribution in [3.8, 4) is 5.75 Å². The summed E-state index contributed by atoms with van der Waals surface area (Å²) < 4.78 is 5.10. The Balaban J connectivity index is 2.77. The molecule has 1 N–H and O–H groups in total. The van der Waals surface area contributed by atoms with Gasteiger partial charge in [0.15, 0.2) is 0 Å². The van der Waals surface area contributed by atoms with Gasteiger partial charge in [0.05, 0.1) is 19.4 Å². The second-order valence-electron chi connectivity index (χ2n) is 3.00. The average molecular weight is 193 g/mol. The molecule has 76 valence electrons. The monoisotopic (exact) mass is 193 g/mol. The van der Waals surface area contributed by atoms with E-state index in [9.17, 15) is 5.11 Å². The zero-order valence-corrected chi connectivity index (χ0v) is 8.31. The number of ether oxygens (including phenoxy) is 1. The molecule has 0 saturated carbocycles. The number of methoxy groups -OCH3 is 1. The molecule has 0 saturated heterocycles. The third-order valence-corrected chi connectivity index (χ3v) is 2.04. The predicted octanol–water partition coefficient (Wildman–Crippen LogP) is 2.09. The fourth-order valence-electron chi connectivity index (χ4n) is 1.27. The van der Waals surface area contributed by atoms with Crippen LogP contribution in [0.15, 0.2) is 31.1 Å². The third-order valence-electron chi connectivity index (χ3n) is 2.04. The van der Waals surface area contributed by atoms with Gasteiger partial charge in [0.1, 0.15) is 5.75 Å². The number of hydrogen-bond donors (Lipinski definition) is 1. The van der Waals surface area contributed by atoms with Gasteiger partial charge in [-0.1, -0.05) is 6.08 Å². The molecule has 1 aromatic rings. The fourth-order valence-corrected chi connectivity index (χ4v) is 1.27. The van der Waals surface area contributed by atoms with Gasteiger partial charge in [-0.2, -0.15) is 0 Å². The van der Waals surface area contributed by atoms with E-state index in [1.807, 2.05) is 0 Å². The minimum Gasteiger partial charge on any atom is -0.495 e. The molecular formula is C11H15NO2. The van der Waals surface area contributed by atoms with Crippen LogP contribution in [0.2, 0.25) is 0 Å². The van der Waals surface area contributed by atoms with Crippen LogP contribution >= 0.6 is 0 Å². The maximum atomic E-state index is 9.81. The van der Waals surface area contributed by atoms with Crippen LogP contribution in [0.25, 0.3) is 0 Å². The summed E-state index contributed by atoms with van der Waals surface area (Å²) in [5, 5.41) is 9.81. The highest BCUT2D eigenvalue weighted by Gasteiger charge is 2.11. The highest BCUT2D eigenvalue weighted by atomic mass is 16.5. The zero-order valence-electron chi connectivity index (χ0n) is 8.31. The number of aromatic nitrogens is 1. The highest BCUT2D eigenvalue weighted by Crippen LogP contribution is 2.26. The molecule has 0 fully saturated rings. The first-order chi connectivity index (χ1) is 6.79. The smallest absolute Gasteiger partial charge is 0.142 e. The van der Waals surface area contributed by atoms with E-state index in [2.05, 4.69) is 11.6 Å². The molecule has 0 amide bonds. The van der Waals surface area contributed by atoms with Crippen molar-refractivity contribution in [2.45, 2.75) is 18.9 Å². The third kappa shape index (κ3) is 2.57. The lowest BCUT2D eigenvalue weighted by Gasteiger charge is -2.12. The molecule has 14 heavy (non-hydrogen) atoms. The van der Waals surface area contributed by atoms with E-state index in [0.717, 1.165) is 12.0 Å². The van der Waals surface area contributed by atoms with Crippen molar-refractivity contribution in [2.24, 2.45) is 0 Å². The lowest BCUT2D eigenvalue weighted by atomic mass is 10.1. The van der Waals surface area contributed by atoms with E-state index in [0.29, 0.717) is 12.2 Å². The Kier molecular flexibility index (Phi) is 4.13. The number of rotatable bonds is 5. The first-order valence-corrected chi connectivity index (χ1v) is 4.56. The van der Waals surface area contributed by atoms with Gasteiger partial charge in [0.2, 0.25) is 0 Å². The second kappa shape index (κ2) is 5.40. The minimum absolute atomic E-state index is 0.508. The van der Waals surface area contributed by atoms with Crippen LogP contribution in [-0.2, 0) is 0 Å². The maximum Gasteiger partial charge on any atom is 0.142 e. The maximum absolute atomic E-state index is 9.81. The van der Waals surface area contributed by atoms with E-state index in [1.165, 1.54) is 0 Å². The number of aliphatic hydroxyl groups is 1. The van der Waals surface area contributed by atoms with Crippen molar-refractivity contribution < 1.29 is 9.84 Å². The summed E-state index contributed by atoms with van der Waals surface area (Å²) in [7, 11) is 1.57. The summed E-state index contributed by atoms with van der Waals surface area (Å²) in [6.45, 7) is 3.61. The van der Waals surface area contributed by atoms with Crippen molar-refractivity contribution in [1.29, 1.82) is 0 Å². The van der Waals surface area contributed by atoms with Crippen LogP contribution in [0.3, 0.4) is 0 Å². The van der Waals surface area contributed by atoms with Crippen LogP contribution in [0.5, 0.6) is 5.75 Å². The van der Waals surface area contributed by atoms with Gasteiger partial charge in [0.25, 0.3) is 0 Å². The molecule has 0 aliphatic carbocycles. The van der Waals surface area contributed by atoms with Gasteiger partial charge in [-0.15, -0.1) is 6.58 Å². The molecule has 0 bridgehead atoms. The van der Waals surface area contributed by atoms with Crippen molar-refractivity contribution in [1.82, 2.24) is 4.98 Å². The Labute approximate surface area is 84.1 Å². The van der Waals surface area contributed by atoms with Gasteiger partial charge in [-0.05, 0) is 18.9 Å². The Morgan fingerprint density at radius 3 is 3.14 bits per heavy atom. The summed E-state index contributed by atoms with van der Waals surface area (Å²) >= 11 is 0. The van der Waals surface area contributed by atoms with E-state index in [4.69, 9.17) is 4.74 Å². The molecule has 1 unspecified atom stereocenters. The molecule has 0 aromatic carbocycles. The summed E-state index contributed by atoms with van der Waals surface area (Å²) in [4.78, 5) is 3.92. The lowest BCUT2D eigenvalue weighted by molar-refractivity contribution is 0.164. The SMILES string of the molecule is C=CCCC(O)c1ccncc1OC. The largest absolute Gasteiger partial charge is 0.495 e. The summed E-state index contributed by atoms with van der Waals surface area (Å²) in [6, 6.07) is 1.77. The Bertz CT molecular complexity index is 299. The molecule has 0 radical (unpaired) electrons. The van der Waals surface area contributed by atoms with E-state index in [1.54, 1.807) is 31.6 Å². The lowest BCUT2D eigenvalue weighted by Crippen LogP contribution is -2.00. The molecule has 1 aromatic heterocycles. The van der Waals surface area contributed by atoms with Gasteiger partial charge < -0.3 is 9.84 Å². The van der Waals surface area contributed by atoms with Crippen LogP contribution < -0.4 is 4.74 Å². The first-order valence-electron chi connectivity index (χ1n) is 4.56. The van der Waals surface area contributed by atoms with Crippen molar-refractivity contribution >= 4 is 0 Å². The Hall–Kier alpha value is -1.35. The number of nitrogens with zero attached hydrogens (tertiary/aromatic N) is 1. The summed E-state index contributed by atoms with van der Waals surface area (Å²) in [6.07, 6.45) is 5.97. The van der Waals surface area contributed by atoms with Crippen LogP contribution in [0.1, 0.15) is 24.5 Å². The van der Waals surface area contributed by atoms with Crippen LogP contribution in [-0.4, -0.2) is 17.2 Å². The Morgan fingerprint density at radius 2 is 2.50 bits per heavy atom. The molecule has 0 aliphatic rings.